The molecule has 0 spiro atoms. The maximum atomic E-state index is 13.0. The molecule has 1 fully saturated rings. The van der Waals surface area contributed by atoms with Crippen molar-refractivity contribution in [2.24, 2.45) is 0 Å². The van der Waals surface area contributed by atoms with E-state index < -0.39 is 0 Å². The van der Waals surface area contributed by atoms with Crippen molar-refractivity contribution in [1.29, 1.82) is 0 Å². The number of piperidine rings is 1. The lowest BCUT2D eigenvalue weighted by Gasteiger charge is -2.36. The van der Waals surface area contributed by atoms with E-state index >= 15 is 0 Å². The molecule has 1 unspecified atom stereocenters. The smallest absolute Gasteiger partial charge is 0.272 e. The first-order valence-corrected chi connectivity index (χ1v) is 9.20. The van der Waals surface area contributed by atoms with Gasteiger partial charge < -0.3 is 9.88 Å². The number of nitrogens with zero attached hydrogens (tertiary/aromatic N) is 1. The minimum absolute atomic E-state index is 0.0255. The number of nitrogens with one attached hydrogen (secondary N) is 1. The van der Waals surface area contributed by atoms with Gasteiger partial charge in [0.15, 0.2) is 0 Å². The van der Waals surface area contributed by atoms with Crippen LogP contribution in [-0.2, 0) is 0 Å². The minimum atomic E-state index is -0.0255. The molecule has 1 aliphatic heterocycles. The molecule has 3 nitrogen and oxygen atoms in total. The van der Waals surface area contributed by atoms with Gasteiger partial charge in [-0.3, -0.25) is 4.79 Å². The largest absolute Gasteiger partial charge is 0.364 e. The number of pyridine rings is 1. The Bertz CT molecular complexity index is 965. The molecule has 2 aromatic carbocycles. The highest BCUT2D eigenvalue weighted by Gasteiger charge is 2.25. The molecule has 4 heteroatoms. The van der Waals surface area contributed by atoms with Gasteiger partial charge in [-0.2, -0.15) is 0 Å². The van der Waals surface area contributed by atoms with Crippen molar-refractivity contribution in [2.75, 3.05) is 11.4 Å². The van der Waals surface area contributed by atoms with Crippen molar-refractivity contribution in [3.05, 3.63) is 63.9 Å². The molecule has 0 saturated carbocycles. The number of fused-ring (bicyclic) bond motifs is 1. The summed E-state index contributed by atoms with van der Waals surface area (Å²) in [7, 11) is 0. The number of hydrogen-bond donors (Lipinski definition) is 1. The first kappa shape index (κ1) is 16.2. The van der Waals surface area contributed by atoms with Gasteiger partial charge in [-0.15, -0.1) is 0 Å². The van der Waals surface area contributed by atoms with Crippen LogP contribution in [0.1, 0.15) is 26.2 Å². The fourth-order valence-corrected chi connectivity index (χ4v) is 4.03. The number of halogens is 1. The van der Waals surface area contributed by atoms with E-state index in [2.05, 4.69) is 28.9 Å². The van der Waals surface area contributed by atoms with Crippen molar-refractivity contribution >= 4 is 28.2 Å². The first-order chi connectivity index (χ1) is 12.1. The second-order valence-corrected chi connectivity index (χ2v) is 7.21. The lowest BCUT2D eigenvalue weighted by atomic mass is 9.96. The van der Waals surface area contributed by atoms with E-state index in [4.69, 9.17) is 11.6 Å². The van der Waals surface area contributed by atoms with Crippen molar-refractivity contribution < 1.29 is 0 Å². The van der Waals surface area contributed by atoms with Crippen LogP contribution < -0.4 is 10.5 Å². The quantitative estimate of drug-likeness (QED) is 0.685. The van der Waals surface area contributed by atoms with Gasteiger partial charge in [0.25, 0.3) is 5.56 Å². The topological polar surface area (TPSA) is 36.1 Å². The summed E-state index contributed by atoms with van der Waals surface area (Å²) in [6.07, 6.45) is 3.45. The molecule has 0 amide bonds. The van der Waals surface area contributed by atoms with Gasteiger partial charge in [-0.05, 0) is 49.9 Å². The number of anilines is 1. The molecule has 1 saturated heterocycles. The van der Waals surface area contributed by atoms with E-state index in [0.29, 0.717) is 11.1 Å². The van der Waals surface area contributed by atoms with Crippen LogP contribution in [0.15, 0.2) is 53.3 Å². The zero-order valence-corrected chi connectivity index (χ0v) is 15.0. The van der Waals surface area contributed by atoms with Crippen LogP contribution in [0.4, 0.5) is 5.69 Å². The monoisotopic (exact) mass is 352 g/mol. The van der Waals surface area contributed by atoms with Crippen molar-refractivity contribution in [1.82, 2.24) is 4.98 Å². The van der Waals surface area contributed by atoms with Gasteiger partial charge in [0.2, 0.25) is 0 Å². The second kappa shape index (κ2) is 6.57. The third-order valence-electron chi connectivity index (χ3n) is 5.10. The molecule has 0 bridgehead atoms. The number of H-pyrrole nitrogens is 1. The van der Waals surface area contributed by atoms with Crippen molar-refractivity contribution in [2.45, 2.75) is 32.2 Å². The number of rotatable bonds is 2. The molecule has 0 aliphatic carbocycles. The molecule has 1 aliphatic rings. The molecule has 3 aromatic rings. The average molecular weight is 353 g/mol. The van der Waals surface area contributed by atoms with Gasteiger partial charge >= 0.3 is 0 Å². The molecule has 1 atom stereocenters. The van der Waals surface area contributed by atoms with Crippen LogP contribution in [0, 0.1) is 0 Å². The molecule has 1 aromatic heterocycles. The highest BCUT2D eigenvalue weighted by atomic mass is 35.5. The Morgan fingerprint density at radius 3 is 2.68 bits per heavy atom. The fourth-order valence-electron chi connectivity index (χ4n) is 3.86. The standard InChI is InChI=1S/C21H21ClN2O/c1-14-7-5-6-12-24(14)20-19(15-8-3-2-4-9-15)17-13-16(22)10-11-18(17)23-21(20)25/h2-4,8-11,13-14H,5-7,12H2,1H3,(H,23,25). The first-order valence-electron chi connectivity index (χ1n) is 8.83. The Morgan fingerprint density at radius 2 is 1.92 bits per heavy atom. The lowest BCUT2D eigenvalue weighted by Crippen LogP contribution is -2.41. The van der Waals surface area contributed by atoms with Gasteiger partial charge in [0, 0.05) is 34.1 Å². The number of hydrogen-bond acceptors (Lipinski definition) is 2. The summed E-state index contributed by atoms with van der Waals surface area (Å²) < 4.78 is 0. The van der Waals surface area contributed by atoms with Gasteiger partial charge in [0.1, 0.15) is 5.69 Å². The van der Waals surface area contributed by atoms with Crippen molar-refractivity contribution in [3.63, 3.8) is 0 Å². The second-order valence-electron chi connectivity index (χ2n) is 6.77. The molecule has 2 heterocycles. The third kappa shape index (κ3) is 2.93. The maximum Gasteiger partial charge on any atom is 0.272 e. The third-order valence-corrected chi connectivity index (χ3v) is 5.34. The van der Waals surface area contributed by atoms with E-state index in [9.17, 15) is 4.79 Å². The summed E-state index contributed by atoms with van der Waals surface area (Å²) in [5.74, 6) is 0. The number of benzene rings is 2. The summed E-state index contributed by atoms with van der Waals surface area (Å²) in [5, 5.41) is 1.67. The summed E-state index contributed by atoms with van der Waals surface area (Å²) in [6.45, 7) is 3.12. The Labute approximate surface area is 152 Å². The van der Waals surface area contributed by atoms with E-state index in [1.807, 2.05) is 36.4 Å². The highest BCUT2D eigenvalue weighted by molar-refractivity contribution is 6.31. The van der Waals surface area contributed by atoms with Crippen LogP contribution >= 0.6 is 11.6 Å². The molecular weight excluding hydrogens is 332 g/mol. The number of aromatic amines is 1. The van der Waals surface area contributed by atoms with E-state index in [-0.39, 0.29) is 5.56 Å². The SMILES string of the molecule is CC1CCCCN1c1c(-c2ccccc2)c2cc(Cl)ccc2[nH]c1=O. The normalized spacial score (nSPS) is 17.8. The maximum absolute atomic E-state index is 13.0. The molecular formula is C21H21ClN2O. The molecule has 25 heavy (non-hydrogen) atoms. The minimum Gasteiger partial charge on any atom is -0.364 e. The van der Waals surface area contributed by atoms with E-state index in [0.717, 1.165) is 47.1 Å². The van der Waals surface area contributed by atoms with Crippen LogP contribution in [0.2, 0.25) is 5.02 Å². The van der Waals surface area contributed by atoms with E-state index in [1.165, 1.54) is 6.42 Å². The predicted molar refractivity (Wildman–Crippen MR) is 106 cm³/mol. The average Bonchev–Trinajstić information content (AvgIpc) is 2.62. The van der Waals surface area contributed by atoms with Gasteiger partial charge in [0.05, 0.1) is 0 Å². The lowest BCUT2D eigenvalue weighted by molar-refractivity contribution is 0.484. The summed E-state index contributed by atoms with van der Waals surface area (Å²) in [4.78, 5) is 18.4. The van der Waals surface area contributed by atoms with Crippen LogP contribution in [-0.4, -0.2) is 17.6 Å². The summed E-state index contributed by atoms with van der Waals surface area (Å²) in [5.41, 5.74) is 3.60. The van der Waals surface area contributed by atoms with Crippen LogP contribution in [0.3, 0.4) is 0 Å². The van der Waals surface area contributed by atoms with Crippen LogP contribution in [0.25, 0.3) is 22.0 Å². The molecule has 128 valence electrons. The number of aromatic nitrogens is 1. The van der Waals surface area contributed by atoms with Crippen molar-refractivity contribution in [3.8, 4) is 11.1 Å². The molecule has 4 rings (SSSR count). The van der Waals surface area contributed by atoms with Gasteiger partial charge in [-0.25, -0.2) is 0 Å². The summed E-state index contributed by atoms with van der Waals surface area (Å²) in [6, 6.07) is 16.1. The zero-order chi connectivity index (χ0) is 17.4. The highest BCUT2D eigenvalue weighted by Crippen LogP contribution is 2.37. The van der Waals surface area contributed by atoms with Crippen LogP contribution in [0.5, 0.6) is 0 Å². The Hall–Kier alpha value is -2.26. The Morgan fingerprint density at radius 1 is 1.12 bits per heavy atom. The molecule has 1 N–H and O–H groups in total. The Balaban J connectivity index is 2.07. The van der Waals surface area contributed by atoms with E-state index in [1.54, 1.807) is 0 Å². The fraction of sp³-hybridized carbons (Fsp3) is 0.286. The zero-order valence-electron chi connectivity index (χ0n) is 14.3. The molecule has 0 radical (unpaired) electrons. The summed E-state index contributed by atoms with van der Waals surface area (Å²) >= 11 is 6.28. The Kier molecular flexibility index (Phi) is 4.26. The van der Waals surface area contributed by atoms with Gasteiger partial charge in [-0.1, -0.05) is 41.9 Å². The predicted octanol–water partition coefficient (Wildman–Crippen LogP) is 5.23.